The van der Waals surface area contributed by atoms with E-state index in [0.717, 1.165) is 18.4 Å². The Morgan fingerprint density at radius 1 is 1.43 bits per heavy atom. The van der Waals surface area contributed by atoms with Gasteiger partial charge >= 0.3 is 0 Å². The second-order valence-electron chi connectivity index (χ2n) is 4.11. The van der Waals surface area contributed by atoms with Crippen LogP contribution in [0.3, 0.4) is 0 Å². The summed E-state index contributed by atoms with van der Waals surface area (Å²) in [7, 11) is 0. The third kappa shape index (κ3) is 1.65. The van der Waals surface area contributed by atoms with E-state index in [4.69, 9.17) is 0 Å². The van der Waals surface area contributed by atoms with Crippen LogP contribution in [0.25, 0.3) is 0 Å². The Balaban J connectivity index is 2.44. The molecular formula is C12H14O2. The summed E-state index contributed by atoms with van der Waals surface area (Å²) in [5.41, 5.74) is 1.80. The molecule has 0 spiro atoms. The Morgan fingerprint density at radius 3 is 3.00 bits per heavy atom. The van der Waals surface area contributed by atoms with Crippen molar-refractivity contribution < 1.29 is 9.90 Å². The average molecular weight is 190 g/mol. The molecule has 0 heterocycles. The zero-order valence-corrected chi connectivity index (χ0v) is 8.29. The topological polar surface area (TPSA) is 37.3 Å². The Kier molecular flexibility index (Phi) is 2.28. The maximum absolute atomic E-state index is 11.8. The van der Waals surface area contributed by atoms with E-state index in [2.05, 4.69) is 6.92 Å². The van der Waals surface area contributed by atoms with Crippen molar-refractivity contribution in [2.75, 3.05) is 0 Å². The van der Waals surface area contributed by atoms with Crippen molar-refractivity contribution in [1.82, 2.24) is 0 Å². The highest BCUT2D eigenvalue weighted by Crippen LogP contribution is 2.26. The summed E-state index contributed by atoms with van der Waals surface area (Å²) in [6.45, 7) is 2.10. The number of aromatic hydroxyl groups is 1. The predicted molar refractivity (Wildman–Crippen MR) is 54.5 cm³/mol. The number of aryl methyl sites for hydroxylation is 1. The number of Topliss-reactive ketones (excluding diaryl/α,β-unsaturated/α-hetero) is 1. The maximum atomic E-state index is 11.8. The van der Waals surface area contributed by atoms with Crippen LogP contribution in [0.4, 0.5) is 0 Å². The fraction of sp³-hybridized carbons (Fsp3) is 0.417. The third-order valence-corrected chi connectivity index (χ3v) is 2.83. The van der Waals surface area contributed by atoms with Gasteiger partial charge in [0.2, 0.25) is 0 Å². The highest BCUT2D eigenvalue weighted by molar-refractivity contribution is 5.98. The first-order valence-corrected chi connectivity index (χ1v) is 5.02. The SMILES string of the molecule is CC1CCc2ccc(O)cc2C(=O)C1. The third-order valence-electron chi connectivity index (χ3n) is 2.83. The first-order valence-electron chi connectivity index (χ1n) is 5.02. The summed E-state index contributed by atoms with van der Waals surface area (Å²) in [6, 6.07) is 5.11. The van der Waals surface area contributed by atoms with Crippen LogP contribution in [0.1, 0.15) is 35.7 Å². The van der Waals surface area contributed by atoms with Gasteiger partial charge in [-0.15, -0.1) is 0 Å². The molecule has 1 unspecified atom stereocenters. The van der Waals surface area contributed by atoms with Crippen LogP contribution in [-0.4, -0.2) is 10.9 Å². The first-order chi connectivity index (χ1) is 6.66. The molecule has 0 aromatic heterocycles. The number of fused-ring (bicyclic) bond motifs is 1. The molecule has 1 aromatic rings. The molecule has 0 saturated carbocycles. The standard InChI is InChI=1S/C12H14O2/c1-8-2-3-9-4-5-10(13)7-11(9)12(14)6-8/h4-5,7-8,13H,2-3,6H2,1H3. The first kappa shape index (κ1) is 9.25. The monoisotopic (exact) mass is 190 g/mol. The van der Waals surface area contributed by atoms with Gasteiger partial charge in [-0.05, 0) is 36.5 Å². The van der Waals surface area contributed by atoms with Gasteiger partial charge in [0.1, 0.15) is 5.75 Å². The van der Waals surface area contributed by atoms with E-state index in [1.54, 1.807) is 12.1 Å². The lowest BCUT2D eigenvalue weighted by molar-refractivity contribution is 0.0967. The number of phenolic OH excluding ortho intramolecular Hbond substituents is 1. The second kappa shape index (κ2) is 3.45. The minimum Gasteiger partial charge on any atom is -0.508 e. The molecule has 0 bridgehead atoms. The molecule has 2 heteroatoms. The molecule has 2 rings (SSSR count). The van der Waals surface area contributed by atoms with E-state index in [9.17, 15) is 9.90 Å². The molecule has 0 saturated heterocycles. The zero-order valence-electron chi connectivity index (χ0n) is 8.29. The molecule has 1 atom stereocenters. The predicted octanol–water partition coefficient (Wildman–Crippen LogP) is 2.55. The Hall–Kier alpha value is -1.31. The van der Waals surface area contributed by atoms with Crippen LogP contribution in [-0.2, 0) is 6.42 Å². The van der Waals surface area contributed by atoms with Gasteiger partial charge in [-0.1, -0.05) is 13.0 Å². The number of carbonyl (C=O) groups excluding carboxylic acids is 1. The lowest BCUT2D eigenvalue weighted by Crippen LogP contribution is -2.02. The van der Waals surface area contributed by atoms with Gasteiger partial charge in [0, 0.05) is 12.0 Å². The zero-order chi connectivity index (χ0) is 10.1. The van der Waals surface area contributed by atoms with E-state index in [1.165, 1.54) is 0 Å². The van der Waals surface area contributed by atoms with Crippen molar-refractivity contribution in [2.24, 2.45) is 5.92 Å². The van der Waals surface area contributed by atoms with Gasteiger partial charge in [-0.3, -0.25) is 4.79 Å². The highest BCUT2D eigenvalue weighted by Gasteiger charge is 2.19. The van der Waals surface area contributed by atoms with Crippen molar-refractivity contribution in [3.63, 3.8) is 0 Å². The van der Waals surface area contributed by atoms with Gasteiger partial charge in [0.15, 0.2) is 5.78 Å². The van der Waals surface area contributed by atoms with E-state index in [1.807, 2.05) is 6.07 Å². The van der Waals surface area contributed by atoms with Crippen LogP contribution in [0.15, 0.2) is 18.2 Å². The van der Waals surface area contributed by atoms with Gasteiger partial charge < -0.3 is 5.11 Å². The molecule has 2 nitrogen and oxygen atoms in total. The number of ketones is 1. The Labute approximate surface area is 83.6 Å². The molecule has 0 aliphatic heterocycles. The highest BCUT2D eigenvalue weighted by atomic mass is 16.3. The van der Waals surface area contributed by atoms with Gasteiger partial charge in [0.25, 0.3) is 0 Å². The van der Waals surface area contributed by atoms with Crippen LogP contribution in [0.2, 0.25) is 0 Å². The number of hydrogen-bond acceptors (Lipinski definition) is 2. The molecule has 0 fully saturated rings. The van der Waals surface area contributed by atoms with E-state index in [-0.39, 0.29) is 11.5 Å². The van der Waals surface area contributed by atoms with Crippen LogP contribution >= 0.6 is 0 Å². The number of hydrogen-bond donors (Lipinski definition) is 1. The van der Waals surface area contributed by atoms with Crippen molar-refractivity contribution >= 4 is 5.78 Å². The molecule has 74 valence electrons. The average Bonchev–Trinajstić information content (AvgIpc) is 2.27. The summed E-state index contributed by atoms with van der Waals surface area (Å²) >= 11 is 0. The lowest BCUT2D eigenvalue weighted by Gasteiger charge is -2.03. The minimum atomic E-state index is 0.168. The summed E-state index contributed by atoms with van der Waals surface area (Å²) in [4.78, 5) is 11.8. The molecular weight excluding hydrogens is 176 g/mol. The van der Waals surface area contributed by atoms with Gasteiger partial charge in [0.05, 0.1) is 0 Å². The fourth-order valence-electron chi connectivity index (χ4n) is 1.97. The van der Waals surface area contributed by atoms with Gasteiger partial charge in [-0.2, -0.15) is 0 Å². The van der Waals surface area contributed by atoms with Crippen LogP contribution < -0.4 is 0 Å². The number of phenols is 1. The molecule has 1 N–H and O–H groups in total. The summed E-state index contributed by atoms with van der Waals surface area (Å²) in [5.74, 6) is 0.810. The minimum absolute atomic E-state index is 0.168. The quantitative estimate of drug-likeness (QED) is 0.638. The number of benzene rings is 1. The van der Waals surface area contributed by atoms with Gasteiger partial charge in [-0.25, -0.2) is 0 Å². The van der Waals surface area contributed by atoms with E-state index in [0.29, 0.717) is 17.9 Å². The molecule has 1 aliphatic carbocycles. The van der Waals surface area contributed by atoms with Crippen LogP contribution in [0.5, 0.6) is 5.75 Å². The largest absolute Gasteiger partial charge is 0.508 e. The van der Waals surface area contributed by atoms with Crippen LogP contribution in [0, 0.1) is 5.92 Å². The van der Waals surface area contributed by atoms with E-state index >= 15 is 0 Å². The number of rotatable bonds is 0. The van der Waals surface area contributed by atoms with Crippen molar-refractivity contribution in [1.29, 1.82) is 0 Å². The normalized spacial score (nSPS) is 21.5. The van der Waals surface area contributed by atoms with E-state index < -0.39 is 0 Å². The molecule has 1 aliphatic rings. The Morgan fingerprint density at radius 2 is 2.21 bits per heavy atom. The molecule has 1 aromatic carbocycles. The van der Waals surface area contributed by atoms with Crippen molar-refractivity contribution in [3.05, 3.63) is 29.3 Å². The lowest BCUT2D eigenvalue weighted by atomic mass is 10.0. The Bertz CT molecular complexity index is 369. The number of carbonyl (C=O) groups is 1. The second-order valence-corrected chi connectivity index (χ2v) is 4.11. The molecule has 14 heavy (non-hydrogen) atoms. The summed E-state index contributed by atoms with van der Waals surface area (Å²) in [6.07, 6.45) is 2.61. The summed E-state index contributed by atoms with van der Waals surface area (Å²) < 4.78 is 0. The molecule has 0 radical (unpaired) electrons. The maximum Gasteiger partial charge on any atom is 0.163 e. The smallest absolute Gasteiger partial charge is 0.163 e. The molecule has 0 amide bonds. The van der Waals surface area contributed by atoms with Crippen molar-refractivity contribution in [3.8, 4) is 5.75 Å². The summed E-state index contributed by atoms with van der Waals surface area (Å²) in [5, 5.41) is 9.31. The van der Waals surface area contributed by atoms with Crippen molar-refractivity contribution in [2.45, 2.75) is 26.2 Å². The fourth-order valence-corrected chi connectivity index (χ4v) is 1.97.